The maximum atomic E-state index is 12.2. The van der Waals surface area contributed by atoms with Gasteiger partial charge in [-0.1, -0.05) is 0 Å². The van der Waals surface area contributed by atoms with Crippen molar-refractivity contribution in [3.63, 3.8) is 0 Å². The van der Waals surface area contributed by atoms with Gasteiger partial charge >= 0.3 is 0 Å². The fourth-order valence-electron chi connectivity index (χ4n) is 2.86. The first-order valence-electron chi connectivity index (χ1n) is 6.88. The molecule has 2 atom stereocenters. The summed E-state index contributed by atoms with van der Waals surface area (Å²) in [6, 6.07) is -0.135. The van der Waals surface area contributed by atoms with Crippen molar-refractivity contribution in [2.24, 2.45) is 7.05 Å². The molecule has 1 aromatic rings. The Hall–Kier alpha value is -1.40. The second kappa shape index (κ2) is 5.30. The van der Waals surface area contributed by atoms with Gasteiger partial charge in [0.15, 0.2) is 0 Å². The van der Waals surface area contributed by atoms with Gasteiger partial charge in [0.25, 0.3) is 0 Å². The zero-order valence-corrected chi connectivity index (χ0v) is 11.2. The number of fused-ring (bicyclic) bond motifs is 1. The third-order valence-electron chi connectivity index (χ3n) is 3.93. The lowest BCUT2D eigenvalue weighted by Gasteiger charge is -2.28. The molecule has 2 N–H and O–H groups in total. The van der Waals surface area contributed by atoms with Crippen LogP contribution >= 0.6 is 0 Å². The van der Waals surface area contributed by atoms with Gasteiger partial charge in [-0.3, -0.25) is 9.48 Å². The van der Waals surface area contributed by atoms with Gasteiger partial charge in [0.2, 0.25) is 5.91 Å². The Labute approximate surface area is 112 Å². The molecule has 1 aromatic heterocycles. The minimum atomic E-state index is -0.226. The van der Waals surface area contributed by atoms with Crippen LogP contribution in [0, 0.1) is 0 Å². The summed E-state index contributed by atoms with van der Waals surface area (Å²) in [5, 5.41) is 10.6. The highest BCUT2D eigenvalue weighted by molar-refractivity contribution is 5.82. The van der Waals surface area contributed by atoms with E-state index in [1.807, 2.05) is 17.9 Å². The highest BCUT2D eigenvalue weighted by Gasteiger charge is 2.28. The first kappa shape index (κ1) is 12.6. The number of ether oxygens (including phenoxy) is 1. The number of nitrogens with zero attached hydrogens (tertiary/aromatic N) is 2. The van der Waals surface area contributed by atoms with Crippen LogP contribution in [-0.2, 0) is 23.0 Å². The molecule has 0 bridgehead atoms. The second-order valence-electron chi connectivity index (χ2n) is 5.21. The number of aryl methyl sites for hydroxylation is 1. The number of rotatable bonds is 2. The molecule has 0 spiro atoms. The molecule has 3 rings (SSSR count). The van der Waals surface area contributed by atoms with E-state index in [0.717, 1.165) is 25.8 Å². The van der Waals surface area contributed by atoms with Crippen LogP contribution in [0.5, 0.6) is 0 Å². The van der Waals surface area contributed by atoms with Crippen LogP contribution in [0.15, 0.2) is 6.20 Å². The molecular formula is C13H20N4O2. The van der Waals surface area contributed by atoms with E-state index in [1.54, 1.807) is 0 Å². The Balaban J connectivity index is 1.68. The van der Waals surface area contributed by atoms with Crippen molar-refractivity contribution in [3.8, 4) is 0 Å². The lowest BCUT2D eigenvalue weighted by Crippen LogP contribution is -2.52. The average molecular weight is 264 g/mol. The summed E-state index contributed by atoms with van der Waals surface area (Å²) in [5.74, 6) is 0.0291. The summed E-state index contributed by atoms with van der Waals surface area (Å²) in [6.45, 7) is 1.87. The van der Waals surface area contributed by atoms with Crippen LogP contribution in [0.2, 0.25) is 0 Å². The van der Waals surface area contributed by atoms with Gasteiger partial charge in [-0.15, -0.1) is 0 Å². The molecule has 1 amide bonds. The second-order valence-corrected chi connectivity index (χ2v) is 5.21. The van der Waals surface area contributed by atoms with Crippen molar-refractivity contribution >= 4 is 5.91 Å². The predicted octanol–water partition coefficient (Wildman–Crippen LogP) is -0.0979. The highest BCUT2D eigenvalue weighted by Crippen LogP contribution is 2.29. The monoisotopic (exact) mass is 264 g/mol. The Morgan fingerprint density at radius 1 is 1.63 bits per heavy atom. The Morgan fingerprint density at radius 3 is 3.32 bits per heavy atom. The third kappa shape index (κ3) is 2.50. The van der Waals surface area contributed by atoms with E-state index in [1.165, 1.54) is 11.3 Å². The molecule has 2 aliphatic rings. The molecule has 6 nitrogen and oxygen atoms in total. The number of carbonyl (C=O) groups excluding carboxylic acids is 1. The van der Waals surface area contributed by atoms with Gasteiger partial charge in [0.1, 0.15) is 6.04 Å². The van der Waals surface area contributed by atoms with Crippen LogP contribution in [0.1, 0.15) is 30.1 Å². The van der Waals surface area contributed by atoms with Gasteiger partial charge in [0.05, 0.1) is 25.5 Å². The highest BCUT2D eigenvalue weighted by atomic mass is 16.5. The minimum Gasteiger partial charge on any atom is -0.378 e. The largest absolute Gasteiger partial charge is 0.378 e. The third-order valence-corrected chi connectivity index (χ3v) is 3.93. The van der Waals surface area contributed by atoms with Crippen LogP contribution in [0.3, 0.4) is 0 Å². The SMILES string of the molecule is Cn1ncc2c1CCCC2NC(=O)C1COCCN1. The molecule has 2 unspecified atom stereocenters. The first-order valence-corrected chi connectivity index (χ1v) is 6.88. The minimum absolute atomic E-state index is 0.0291. The summed E-state index contributed by atoms with van der Waals surface area (Å²) in [6.07, 6.45) is 5.00. The molecule has 2 heterocycles. The molecular weight excluding hydrogens is 244 g/mol. The van der Waals surface area contributed by atoms with Crippen molar-refractivity contribution in [3.05, 3.63) is 17.5 Å². The molecule has 0 aromatic carbocycles. The van der Waals surface area contributed by atoms with E-state index >= 15 is 0 Å². The quantitative estimate of drug-likeness (QED) is 0.783. The number of amides is 1. The number of carbonyl (C=O) groups is 1. The summed E-state index contributed by atoms with van der Waals surface area (Å²) >= 11 is 0. The van der Waals surface area contributed by atoms with Gasteiger partial charge in [-0.25, -0.2) is 0 Å². The van der Waals surface area contributed by atoms with Crippen molar-refractivity contribution in [1.29, 1.82) is 0 Å². The first-order chi connectivity index (χ1) is 9.25. The Bertz CT molecular complexity index is 465. The van der Waals surface area contributed by atoms with Gasteiger partial charge in [-0.05, 0) is 19.3 Å². The maximum absolute atomic E-state index is 12.2. The normalized spacial score (nSPS) is 26.8. The molecule has 0 radical (unpaired) electrons. The van der Waals surface area contributed by atoms with E-state index in [9.17, 15) is 4.79 Å². The molecule has 6 heteroatoms. The number of nitrogens with one attached hydrogen (secondary N) is 2. The number of hydrogen-bond donors (Lipinski definition) is 2. The van der Waals surface area contributed by atoms with E-state index < -0.39 is 0 Å². The Kier molecular flexibility index (Phi) is 3.52. The lowest BCUT2D eigenvalue weighted by atomic mass is 9.93. The Morgan fingerprint density at radius 2 is 2.53 bits per heavy atom. The fourth-order valence-corrected chi connectivity index (χ4v) is 2.86. The summed E-state index contributed by atoms with van der Waals surface area (Å²) in [5.41, 5.74) is 2.41. The molecule has 1 aliphatic carbocycles. The van der Waals surface area contributed by atoms with Crippen LogP contribution in [0.25, 0.3) is 0 Å². The number of aromatic nitrogens is 2. The maximum Gasteiger partial charge on any atom is 0.240 e. The van der Waals surface area contributed by atoms with Crippen molar-refractivity contribution in [2.45, 2.75) is 31.3 Å². The van der Waals surface area contributed by atoms with Crippen LogP contribution in [0.4, 0.5) is 0 Å². The standard InChI is InChI=1S/C13H20N4O2/c1-17-12-4-2-3-10(9(12)7-15-17)16-13(18)11-8-19-6-5-14-11/h7,10-11,14H,2-6,8H2,1H3,(H,16,18). The summed E-state index contributed by atoms with van der Waals surface area (Å²) < 4.78 is 7.24. The fraction of sp³-hybridized carbons (Fsp3) is 0.692. The van der Waals surface area contributed by atoms with E-state index in [-0.39, 0.29) is 18.0 Å². The van der Waals surface area contributed by atoms with Crippen molar-refractivity contribution in [1.82, 2.24) is 20.4 Å². The molecule has 1 aliphatic heterocycles. The van der Waals surface area contributed by atoms with E-state index in [0.29, 0.717) is 13.2 Å². The van der Waals surface area contributed by atoms with Gasteiger partial charge in [-0.2, -0.15) is 5.10 Å². The van der Waals surface area contributed by atoms with E-state index in [2.05, 4.69) is 15.7 Å². The smallest absolute Gasteiger partial charge is 0.240 e. The number of hydrogen-bond acceptors (Lipinski definition) is 4. The molecule has 0 saturated carbocycles. The number of morpholine rings is 1. The summed E-state index contributed by atoms with van der Waals surface area (Å²) in [7, 11) is 1.96. The van der Waals surface area contributed by atoms with Crippen LogP contribution in [-0.4, -0.2) is 41.5 Å². The summed E-state index contributed by atoms with van der Waals surface area (Å²) in [4.78, 5) is 12.2. The predicted molar refractivity (Wildman–Crippen MR) is 69.6 cm³/mol. The van der Waals surface area contributed by atoms with Crippen molar-refractivity contribution in [2.75, 3.05) is 19.8 Å². The molecule has 1 saturated heterocycles. The van der Waals surface area contributed by atoms with Gasteiger partial charge < -0.3 is 15.4 Å². The van der Waals surface area contributed by atoms with Crippen LogP contribution < -0.4 is 10.6 Å². The van der Waals surface area contributed by atoms with Gasteiger partial charge in [0, 0.05) is 24.8 Å². The van der Waals surface area contributed by atoms with Crippen molar-refractivity contribution < 1.29 is 9.53 Å². The topological polar surface area (TPSA) is 68.2 Å². The zero-order valence-electron chi connectivity index (χ0n) is 11.2. The lowest BCUT2D eigenvalue weighted by molar-refractivity contribution is -0.126. The average Bonchev–Trinajstić information content (AvgIpc) is 2.83. The zero-order chi connectivity index (χ0) is 13.2. The molecule has 1 fully saturated rings. The molecule has 19 heavy (non-hydrogen) atoms. The molecule has 104 valence electrons. The van der Waals surface area contributed by atoms with E-state index in [4.69, 9.17) is 4.74 Å².